The van der Waals surface area contributed by atoms with Gasteiger partial charge in [0.2, 0.25) is 0 Å². The van der Waals surface area contributed by atoms with Gasteiger partial charge in [0.1, 0.15) is 11.5 Å². The lowest BCUT2D eigenvalue weighted by atomic mass is 9.94. The number of para-hydroxylation sites is 1. The van der Waals surface area contributed by atoms with E-state index in [4.69, 9.17) is 9.84 Å². The van der Waals surface area contributed by atoms with Crippen molar-refractivity contribution in [2.45, 2.75) is 38.7 Å². The van der Waals surface area contributed by atoms with Gasteiger partial charge in [-0.3, -0.25) is 14.6 Å². The number of carbonyl (C=O) groups is 2. The molecule has 0 aliphatic carbocycles. The summed E-state index contributed by atoms with van der Waals surface area (Å²) in [6, 6.07) is 12.4. The van der Waals surface area contributed by atoms with Gasteiger partial charge in [-0.1, -0.05) is 18.2 Å². The number of halogens is 3. The minimum atomic E-state index is -4.83. The van der Waals surface area contributed by atoms with E-state index in [1.807, 2.05) is 0 Å². The highest BCUT2D eigenvalue weighted by molar-refractivity contribution is 5.96. The van der Waals surface area contributed by atoms with Gasteiger partial charge in [-0.15, -0.1) is 13.2 Å². The number of hydrogen-bond acceptors (Lipinski definition) is 5. The number of alkyl halides is 3. The van der Waals surface area contributed by atoms with Crippen LogP contribution in [0.15, 0.2) is 54.7 Å². The number of hydrogen-bond donors (Lipinski definition) is 1. The van der Waals surface area contributed by atoms with E-state index in [-0.39, 0.29) is 29.6 Å². The number of nitrogens with zero attached hydrogens (tertiary/aromatic N) is 2. The lowest BCUT2D eigenvalue weighted by Crippen LogP contribution is -2.46. The number of carboxylic acids is 1. The molecule has 36 heavy (non-hydrogen) atoms. The first kappa shape index (κ1) is 25.3. The van der Waals surface area contributed by atoms with E-state index in [2.05, 4.69) is 9.72 Å². The Hall–Kier alpha value is -3.82. The van der Waals surface area contributed by atoms with Crippen LogP contribution >= 0.6 is 0 Å². The van der Waals surface area contributed by atoms with E-state index in [9.17, 15) is 22.8 Å². The number of aliphatic carboxylic acids is 1. The van der Waals surface area contributed by atoms with Crippen LogP contribution in [0.5, 0.6) is 11.5 Å². The van der Waals surface area contributed by atoms with Gasteiger partial charge in [0, 0.05) is 42.7 Å². The summed E-state index contributed by atoms with van der Waals surface area (Å²) in [6.45, 7) is 2.55. The van der Waals surface area contributed by atoms with Crippen molar-refractivity contribution >= 4 is 22.8 Å². The van der Waals surface area contributed by atoms with Gasteiger partial charge in [0.25, 0.3) is 5.91 Å². The molecular formula is C26H25F3N2O5. The van der Waals surface area contributed by atoms with Crippen LogP contribution in [0.2, 0.25) is 0 Å². The molecule has 1 saturated heterocycles. The van der Waals surface area contributed by atoms with Crippen LogP contribution in [0.1, 0.15) is 26.2 Å². The molecule has 0 unspecified atom stereocenters. The number of ether oxygens (including phenoxy) is 2. The van der Waals surface area contributed by atoms with Crippen LogP contribution in [0.4, 0.5) is 13.2 Å². The topological polar surface area (TPSA) is 89.0 Å². The summed E-state index contributed by atoms with van der Waals surface area (Å²) >= 11 is 0. The Balaban J connectivity index is 1.53. The van der Waals surface area contributed by atoms with Gasteiger partial charge < -0.3 is 19.5 Å². The molecule has 3 aromatic rings. The number of carboxylic acid groups (broad SMARTS) is 1. The Kier molecular flexibility index (Phi) is 7.32. The van der Waals surface area contributed by atoms with Crippen LogP contribution in [-0.2, 0) is 9.59 Å². The van der Waals surface area contributed by atoms with Gasteiger partial charge in [-0.25, -0.2) is 0 Å². The Morgan fingerprint density at radius 3 is 2.69 bits per heavy atom. The van der Waals surface area contributed by atoms with E-state index >= 15 is 0 Å². The van der Waals surface area contributed by atoms with E-state index in [0.717, 1.165) is 12.8 Å². The molecule has 1 aromatic heterocycles. The molecule has 2 atom stereocenters. The molecule has 7 nitrogen and oxygen atoms in total. The molecule has 1 N–H and O–H groups in total. The molecule has 2 aromatic carbocycles. The van der Waals surface area contributed by atoms with Crippen molar-refractivity contribution in [1.29, 1.82) is 0 Å². The molecule has 2 heterocycles. The van der Waals surface area contributed by atoms with Crippen molar-refractivity contribution in [3.8, 4) is 22.6 Å². The van der Waals surface area contributed by atoms with Gasteiger partial charge in [-0.05, 0) is 55.5 Å². The molecule has 1 amide bonds. The quantitative estimate of drug-likeness (QED) is 0.473. The van der Waals surface area contributed by atoms with E-state index in [0.29, 0.717) is 35.3 Å². The van der Waals surface area contributed by atoms with E-state index < -0.39 is 18.4 Å². The van der Waals surface area contributed by atoms with Gasteiger partial charge >= 0.3 is 12.3 Å². The number of piperidine rings is 1. The number of benzene rings is 2. The molecule has 1 aliphatic heterocycles. The normalized spacial score (nSPS) is 17.0. The number of carbonyl (C=O) groups excluding carboxylic acids is 1. The Morgan fingerprint density at radius 2 is 1.94 bits per heavy atom. The second-order valence-corrected chi connectivity index (χ2v) is 8.73. The summed E-state index contributed by atoms with van der Waals surface area (Å²) in [5, 5.41) is 9.64. The number of likely N-dealkylation sites (tertiary alicyclic amines) is 1. The first-order valence-corrected chi connectivity index (χ1v) is 11.5. The third kappa shape index (κ3) is 6.05. The number of amides is 1. The zero-order valence-electron chi connectivity index (χ0n) is 19.5. The predicted molar refractivity (Wildman–Crippen MR) is 126 cm³/mol. The second kappa shape index (κ2) is 10.4. The highest BCUT2D eigenvalue weighted by Crippen LogP contribution is 2.37. The molecule has 1 aliphatic rings. The molecular weight excluding hydrogens is 477 g/mol. The van der Waals surface area contributed by atoms with Crippen molar-refractivity contribution in [1.82, 2.24) is 9.88 Å². The first-order valence-electron chi connectivity index (χ1n) is 11.5. The molecule has 0 spiro atoms. The van der Waals surface area contributed by atoms with E-state index in [1.54, 1.807) is 42.2 Å². The third-order valence-electron chi connectivity index (χ3n) is 6.07. The molecule has 0 saturated carbocycles. The maximum atomic E-state index is 12.9. The third-order valence-corrected chi connectivity index (χ3v) is 6.07. The van der Waals surface area contributed by atoms with Crippen LogP contribution in [0, 0.1) is 5.92 Å². The van der Waals surface area contributed by atoms with E-state index in [1.165, 1.54) is 24.4 Å². The Labute approximate surface area is 205 Å². The molecule has 10 heteroatoms. The lowest BCUT2D eigenvalue weighted by molar-refractivity contribution is -0.274. The Morgan fingerprint density at radius 1 is 1.17 bits per heavy atom. The summed E-state index contributed by atoms with van der Waals surface area (Å²) < 4.78 is 48.8. The fourth-order valence-electron chi connectivity index (χ4n) is 4.53. The average Bonchev–Trinajstić information content (AvgIpc) is 2.82. The summed E-state index contributed by atoms with van der Waals surface area (Å²) in [6.07, 6.45) is -2.63. The lowest BCUT2D eigenvalue weighted by Gasteiger charge is -2.33. The maximum Gasteiger partial charge on any atom is 0.573 e. The Bertz CT molecular complexity index is 1260. The smallest absolute Gasteiger partial charge is 0.481 e. The van der Waals surface area contributed by atoms with Crippen LogP contribution < -0.4 is 9.47 Å². The zero-order chi connectivity index (χ0) is 25.9. The number of rotatable bonds is 7. The average molecular weight is 502 g/mol. The highest BCUT2D eigenvalue weighted by Gasteiger charge is 2.32. The van der Waals surface area contributed by atoms with Gasteiger partial charge in [-0.2, -0.15) is 0 Å². The zero-order valence-corrected chi connectivity index (χ0v) is 19.5. The van der Waals surface area contributed by atoms with Crippen molar-refractivity contribution in [2.24, 2.45) is 5.92 Å². The minimum Gasteiger partial charge on any atom is -0.481 e. The van der Waals surface area contributed by atoms with Gasteiger partial charge in [0.15, 0.2) is 6.10 Å². The summed E-state index contributed by atoms with van der Waals surface area (Å²) in [7, 11) is 0. The molecule has 0 radical (unpaired) electrons. The summed E-state index contributed by atoms with van der Waals surface area (Å²) in [4.78, 5) is 29.9. The fourth-order valence-corrected chi connectivity index (χ4v) is 4.53. The minimum absolute atomic E-state index is 0.0227. The van der Waals surface area contributed by atoms with Gasteiger partial charge in [0.05, 0.1) is 5.52 Å². The van der Waals surface area contributed by atoms with Crippen LogP contribution in [0.3, 0.4) is 0 Å². The standard InChI is InChI=1S/C26H25F3N2O5/c1-16(25(34)31-12-4-5-17(15-31)13-24(32)33)35-18-8-9-20-19(10-11-30-22(20)14-18)21-6-2-3-7-23(21)36-26(27,28)29/h2-3,6-11,14,16-17H,4-5,12-13,15H2,1H3,(H,32,33)/t16-,17-/m1/s1. The van der Waals surface area contributed by atoms with Crippen molar-refractivity contribution in [2.75, 3.05) is 13.1 Å². The van der Waals surface area contributed by atoms with Crippen LogP contribution in [-0.4, -0.2) is 52.4 Å². The fraction of sp³-hybridized carbons (Fsp3) is 0.346. The number of aromatic nitrogens is 1. The van der Waals surface area contributed by atoms with Crippen LogP contribution in [0.25, 0.3) is 22.0 Å². The monoisotopic (exact) mass is 502 g/mol. The van der Waals surface area contributed by atoms with Crippen molar-refractivity contribution in [3.63, 3.8) is 0 Å². The van der Waals surface area contributed by atoms with Crippen molar-refractivity contribution < 1.29 is 37.3 Å². The molecule has 4 rings (SSSR count). The first-order chi connectivity index (χ1) is 17.1. The molecule has 1 fully saturated rings. The SMILES string of the molecule is C[C@@H](Oc1ccc2c(-c3ccccc3OC(F)(F)F)ccnc2c1)C(=O)N1CCC[C@H](CC(=O)O)C1. The number of fused-ring (bicyclic) bond motifs is 1. The summed E-state index contributed by atoms with van der Waals surface area (Å²) in [5.41, 5.74) is 1.25. The maximum absolute atomic E-state index is 12.9. The molecule has 0 bridgehead atoms. The molecule has 190 valence electrons. The second-order valence-electron chi connectivity index (χ2n) is 8.73. The largest absolute Gasteiger partial charge is 0.573 e. The summed E-state index contributed by atoms with van der Waals surface area (Å²) in [5.74, 6) is -1.13. The number of pyridine rings is 1. The van der Waals surface area contributed by atoms with Crippen molar-refractivity contribution in [3.05, 3.63) is 54.7 Å². The highest BCUT2D eigenvalue weighted by atomic mass is 19.4. The predicted octanol–water partition coefficient (Wildman–Crippen LogP) is 5.28.